The standard InChI is InChI=1S/C22H13Br3Cl2S3/c23-14-1-7-17(8-2-14)28-21(29-18-9-3-15(24)4-10-18)13-20(26)22(27)30-19-11-5-16(25)6-12-19/h1-13H/b22-20-. The highest BCUT2D eigenvalue weighted by Gasteiger charge is 2.09. The molecular formula is C22H13Br3Cl2S3. The molecule has 0 aromatic heterocycles. The van der Waals surface area contributed by atoms with Crippen molar-refractivity contribution in [1.82, 2.24) is 0 Å². The first-order valence-electron chi connectivity index (χ1n) is 8.46. The van der Waals surface area contributed by atoms with Crippen molar-refractivity contribution >= 4 is 106 Å². The van der Waals surface area contributed by atoms with Crippen molar-refractivity contribution in [3.05, 3.63) is 106 Å². The maximum Gasteiger partial charge on any atom is 0.0969 e. The van der Waals surface area contributed by atoms with Crippen LogP contribution in [0.2, 0.25) is 0 Å². The Morgan fingerprint density at radius 3 is 1.27 bits per heavy atom. The fourth-order valence-corrected chi connectivity index (χ4v) is 6.34. The first-order chi connectivity index (χ1) is 14.4. The third kappa shape index (κ3) is 8.28. The first-order valence-corrected chi connectivity index (χ1v) is 14.0. The number of thioether (sulfide) groups is 3. The fourth-order valence-electron chi connectivity index (χ4n) is 2.13. The van der Waals surface area contributed by atoms with Crippen LogP contribution in [0.15, 0.2) is 121 Å². The van der Waals surface area contributed by atoms with E-state index < -0.39 is 0 Å². The van der Waals surface area contributed by atoms with E-state index >= 15 is 0 Å². The SMILES string of the molecule is Cl/C(C=C(Sc1ccc(Br)cc1)Sc1ccc(Br)cc1)=C(/Cl)Sc1ccc(Br)cc1. The van der Waals surface area contributed by atoms with Crippen LogP contribution < -0.4 is 0 Å². The minimum Gasteiger partial charge on any atom is -0.0827 e. The van der Waals surface area contributed by atoms with Crippen LogP contribution in [0.5, 0.6) is 0 Å². The summed E-state index contributed by atoms with van der Waals surface area (Å²) < 4.78 is 4.68. The van der Waals surface area contributed by atoms with Gasteiger partial charge in [0, 0.05) is 28.1 Å². The molecule has 0 aliphatic heterocycles. The normalized spacial score (nSPS) is 11.8. The van der Waals surface area contributed by atoms with E-state index in [9.17, 15) is 0 Å². The number of rotatable bonds is 7. The summed E-state index contributed by atoms with van der Waals surface area (Å²) in [5, 5.41) is 0.508. The molecule has 0 spiro atoms. The molecule has 0 saturated carbocycles. The summed E-state index contributed by atoms with van der Waals surface area (Å²) in [4.78, 5) is 3.27. The number of benzene rings is 3. The molecule has 0 unspecified atom stereocenters. The van der Waals surface area contributed by atoms with E-state index in [4.69, 9.17) is 23.2 Å². The van der Waals surface area contributed by atoms with Gasteiger partial charge in [0.15, 0.2) is 0 Å². The average molecular weight is 684 g/mol. The zero-order chi connectivity index (χ0) is 21.5. The third-order valence-electron chi connectivity index (χ3n) is 3.52. The molecule has 0 bridgehead atoms. The lowest BCUT2D eigenvalue weighted by molar-refractivity contribution is 1.44. The van der Waals surface area contributed by atoms with E-state index in [0.717, 1.165) is 32.3 Å². The van der Waals surface area contributed by atoms with E-state index in [-0.39, 0.29) is 0 Å². The van der Waals surface area contributed by atoms with E-state index in [1.165, 1.54) is 11.8 Å². The smallest absolute Gasteiger partial charge is 0.0827 e. The molecule has 0 heterocycles. The van der Waals surface area contributed by atoms with Crippen molar-refractivity contribution in [2.24, 2.45) is 0 Å². The molecule has 0 N–H and O–H groups in total. The van der Waals surface area contributed by atoms with Gasteiger partial charge in [0.1, 0.15) is 0 Å². The summed E-state index contributed by atoms with van der Waals surface area (Å²) in [5.74, 6) is 0. The molecule has 0 radical (unpaired) electrons. The van der Waals surface area contributed by atoms with Crippen molar-refractivity contribution < 1.29 is 0 Å². The van der Waals surface area contributed by atoms with Crippen LogP contribution in [0.3, 0.4) is 0 Å². The fraction of sp³-hybridized carbons (Fsp3) is 0. The summed E-state index contributed by atoms with van der Waals surface area (Å²) in [5.41, 5.74) is 0. The van der Waals surface area contributed by atoms with Gasteiger partial charge < -0.3 is 0 Å². The Labute approximate surface area is 224 Å². The molecule has 0 amide bonds. The predicted octanol–water partition coefficient (Wildman–Crippen LogP) is 11.1. The van der Waals surface area contributed by atoms with Crippen molar-refractivity contribution in [2.75, 3.05) is 0 Å². The lowest BCUT2D eigenvalue weighted by atomic mass is 10.4. The molecule has 0 atom stereocenters. The summed E-state index contributed by atoms with van der Waals surface area (Å²) >= 11 is 28.3. The van der Waals surface area contributed by atoms with Gasteiger partial charge in [-0.05, 0) is 78.9 Å². The van der Waals surface area contributed by atoms with E-state index in [2.05, 4.69) is 72.1 Å². The van der Waals surface area contributed by atoms with Gasteiger partial charge in [0.05, 0.1) is 13.6 Å². The van der Waals surface area contributed by atoms with E-state index in [1.54, 1.807) is 23.5 Å². The van der Waals surface area contributed by atoms with Crippen LogP contribution in [0.4, 0.5) is 0 Å². The molecule has 30 heavy (non-hydrogen) atoms. The minimum atomic E-state index is 0.508. The number of allylic oxidation sites excluding steroid dienone is 2. The molecule has 3 aromatic carbocycles. The molecule has 0 aliphatic carbocycles. The second kappa shape index (κ2) is 12.4. The van der Waals surface area contributed by atoms with Crippen LogP contribution in [-0.2, 0) is 0 Å². The van der Waals surface area contributed by atoms with E-state index in [0.29, 0.717) is 9.40 Å². The average Bonchev–Trinajstić information content (AvgIpc) is 2.73. The highest BCUT2D eigenvalue weighted by atomic mass is 79.9. The first kappa shape index (κ1) is 24.8. The second-order valence-corrected chi connectivity index (χ2v) is 13.1. The highest BCUT2D eigenvalue weighted by molar-refractivity contribution is 9.11. The Morgan fingerprint density at radius 2 is 0.900 bits per heavy atom. The highest BCUT2D eigenvalue weighted by Crippen LogP contribution is 2.42. The minimum absolute atomic E-state index is 0.508. The largest absolute Gasteiger partial charge is 0.0969 e. The van der Waals surface area contributed by atoms with Gasteiger partial charge in [-0.25, -0.2) is 0 Å². The molecule has 0 fully saturated rings. The lowest BCUT2D eigenvalue weighted by Crippen LogP contribution is -1.79. The monoisotopic (exact) mass is 680 g/mol. The predicted molar refractivity (Wildman–Crippen MR) is 147 cm³/mol. The third-order valence-corrected chi connectivity index (χ3v) is 9.11. The summed E-state index contributed by atoms with van der Waals surface area (Å²) in [6, 6.07) is 24.3. The maximum absolute atomic E-state index is 6.59. The van der Waals surface area contributed by atoms with Gasteiger partial charge in [-0.3, -0.25) is 0 Å². The Kier molecular flexibility index (Phi) is 10.3. The second-order valence-electron chi connectivity index (χ2n) is 5.75. The van der Waals surface area contributed by atoms with Crippen LogP contribution in [-0.4, -0.2) is 0 Å². The van der Waals surface area contributed by atoms with Crippen LogP contribution in [0.25, 0.3) is 0 Å². The van der Waals surface area contributed by atoms with Gasteiger partial charge in [-0.1, -0.05) is 106 Å². The van der Waals surface area contributed by atoms with Crippen molar-refractivity contribution in [1.29, 1.82) is 0 Å². The molecule has 154 valence electrons. The summed E-state index contributed by atoms with van der Waals surface area (Å²) in [6.45, 7) is 0. The quantitative estimate of drug-likeness (QED) is 0.180. The van der Waals surface area contributed by atoms with Crippen molar-refractivity contribution in [2.45, 2.75) is 14.7 Å². The molecule has 3 rings (SSSR count). The molecule has 8 heteroatoms. The van der Waals surface area contributed by atoms with Crippen LogP contribution in [0.1, 0.15) is 0 Å². The zero-order valence-electron chi connectivity index (χ0n) is 15.1. The Morgan fingerprint density at radius 1 is 0.567 bits per heavy atom. The van der Waals surface area contributed by atoms with Gasteiger partial charge in [-0.2, -0.15) is 0 Å². The summed E-state index contributed by atoms with van der Waals surface area (Å²) in [6.07, 6.45) is 1.93. The van der Waals surface area contributed by atoms with E-state index in [1.807, 2.05) is 54.6 Å². The molecule has 0 aliphatic rings. The van der Waals surface area contributed by atoms with Crippen molar-refractivity contribution in [3.63, 3.8) is 0 Å². The Bertz CT molecular complexity index is 999. The topological polar surface area (TPSA) is 0 Å². The molecular weight excluding hydrogens is 671 g/mol. The Hall–Kier alpha value is 0.210. The molecule has 0 saturated heterocycles. The molecule has 0 nitrogen and oxygen atoms in total. The zero-order valence-corrected chi connectivity index (χ0v) is 23.8. The number of halogens is 5. The maximum atomic E-state index is 6.59. The Balaban J connectivity index is 1.85. The lowest BCUT2D eigenvalue weighted by Gasteiger charge is -2.09. The summed E-state index contributed by atoms with van der Waals surface area (Å²) in [7, 11) is 0. The van der Waals surface area contributed by atoms with Gasteiger partial charge in [0.2, 0.25) is 0 Å². The number of hydrogen-bond donors (Lipinski definition) is 0. The van der Waals surface area contributed by atoms with Crippen LogP contribution >= 0.6 is 106 Å². The van der Waals surface area contributed by atoms with Gasteiger partial charge >= 0.3 is 0 Å². The van der Waals surface area contributed by atoms with Gasteiger partial charge in [-0.15, -0.1) is 0 Å². The van der Waals surface area contributed by atoms with Gasteiger partial charge in [0.25, 0.3) is 0 Å². The van der Waals surface area contributed by atoms with Crippen molar-refractivity contribution in [3.8, 4) is 0 Å². The number of hydrogen-bond acceptors (Lipinski definition) is 3. The van der Waals surface area contributed by atoms with Crippen LogP contribution in [0, 0.1) is 0 Å². The molecule has 3 aromatic rings.